The van der Waals surface area contributed by atoms with Crippen molar-refractivity contribution in [3.63, 3.8) is 0 Å². The number of hydrogen-bond acceptors (Lipinski definition) is 1. The van der Waals surface area contributed by atoms with Gasteiger partial charge in [-0.05, 0) is 54.8 Å². The summed E-state index contributed by atoms with van der Waals surface area (Å²) in [6.07, 6.45) is 1.89. The Morgan fingerprint density at radius 1 is 1.00 bits per heavy atom. The molecule has 20 heavy (non-hydrogen) atoms. The van der Waals surface area contributed by atoms with Gasteiger partial charge in [-0.1, -0.05) is 0 Å². The lowest BCUT2D eigenvalue weighted by Crippen LogP contribution is -1.92. The van der Waals surface area contributed by atoms with E-state index in [2.05, 4.69) is 5.10 Å². The predicted molar refractivity (Wildman–Crippen MR) is 75.5 cm³/mol. The van der Waals surface area contributed by atoms with E-state index in [1.807, 2.05) is 32.3 Å². The molecule has 4 heteroatoms. The van der Waals surface area contributed by atoms with E-state index in [1.54, 1.807) is 4.68 Å². The van der Waals surface area contributed by atoms with Gasteiger partial charge in [0.25, 0.3) is 0 Å². The van der Waals surface area contributed by atoms with E-state index in [0.717, 1.165) is 22.0 Å². The average molecular weight is 272 g/mol. The SMILES string of the molecule is Cc1cc2nn(C)cc2cc1-c1cc(F)c(C)c(F)c1. The van der Waals surface area contributed by atoms with Gasteiger partial charge in [-0.25, -0.2) is 8.78 Å². The molecule has 0 aliphatic rings. The number of benzene rings is 2. The molecule has 2 aromatic carbocycles. The number of nitrogens with zero attached hydrogens (tertiary/aromatic N) is 2. The second-order valence-corrected chi connectivity index (χ2v) is 5.09. The lowest BCUT2D eigenvalue weighted by Gasteiger charge is -2.08. The standard InChI is InChI=1S/C16H14F2N2/c1-9-4-16-12(8-20(3)19-16)5-13(9)11-6-14(17)10(2)15(18)7-11/h4-8H,1-3H3. The van der Waals surface area contributed by atoms with Crippen LogP contribution < -0.4 is 0 Å². The Labute approximate surface area is 115 Å². The molecule has 0 atom stereocenters. The summed E-state index contributed by atoms with van der Waals surface area (Å²) in [5.74, 6) is -1.05. The van der Waals surface area contributed by atoms with Crippen molar-refractivity contribution in [3.05, 3.63) is 53.2 Å². The summed E-state index contributed by atoms with van der Waals surface area (Å²) >= 11 is 0. The van der Waals surface area contributed by atoms with Crippen molar-refractivity contribution in [3.8, 4) is 11.1 Å². The van der Waals surface area contributed by atoms with Gasteiger partial charge >= 0.3 is 0 Å². The van der Waals surface area contributed by atoms with Crippen LogP contribution in [0.15, 0.2) is 30.5 Å². The third kappa shape index (κ3) is 1.97. The molecular weight excluding hydrogens is 258 g/mol. The van der Waals surface area contributed by atoms with Crippen molar-refractivity contribution in [2.75, 3.05) is 0 Å². The minimum absolute atomic E-state index is 0.0499. The highest BCUT2D eigenvalue weighted by Gasteiger charge is 2.11. The van der Waals surface area contributed by atoms with Gasteiger partial charge < -0.3 is 0 Å². The third-order valence-electron chi connectivity index (χ3n) is 3.56. The summed E-state index contributed by atoms with van der Waals surface area (Å²) in [4.78, 5) is 0. The highest BCUT2D eigenvalue weighted by molar-refractivity contribution is 5.86. The highest BCUT2D eigenvalue weighted by atomic mass is 19.1. The van der Waals surface area contributed by atoms with Gasteiger partial charge in [0.15, 0.2) is 0 Å². The second-order valence-electron chi connectivity index (χ2n) is 5.09. The van der Waals surface area contributed by atoms with Gasteiger partial charge in [-0.3, -0.25) is 4.68 Å². The molecule has 3 rings (SSSR count). The van der Waals surface area contributed by atoms with Crippen molar-refractivity contribution in [2.45, 2.75) is 13.8 Å². The van der Waals surface area contributed by atoms with Crippen LogP contribution in [-0.2, 0) is 7.05 Å². The van der Waals surface area contributed by atoms with Crippen LogP contribution in [0.5, 0.6) is 0 Å². The monoisotopic (exact) mass is 272 g/mol. The maximum absolute atomic E-state index is 13.7. The maximum Gasteiger partial charge on any atom is 0.129 e. The normalized spacial score (nSPS) is 11.2. The van der Waals surface area contributed by atoms with Crippen molar-refractivity contribution >= 4 is 10.9 Å². The smallest absolute Gasteiger partial charge is 0.129 e. The first kappa shape index (κ1) is 12.8. The minimum atomic E-state index is -0.523. The first-order chi connectivity index (χ1) is 9.45. The number of halogens is 2. The van der Waals surface area contributed by atoms with E-state index in [-0.39, 0.29) is 5.56 Å². The molecule has 2 nitrogen and oxygen atoms in total. The zero-order chi connectivity index (χ0) is 14.4. The molecule has 0 bridgehead atoms. The van der Waals surface area contributed by atoms with Gasteiger partial charge in [0.2, 0.25) is 0 Å². The zero-order valence-corrected chi connectivity index (χ0v) is 11.5. The largest absolute Gasteiger partial charge is 0.275 e. The number of fused-ring (bicyclic) bond motifs is 1. The Hall–Kier alpha value is -2.23. The lowest BCUT2D eigenvalue weighted by atomic mass is 9.97. The summed E-state index contributed by atoms with van der Waals surface area (Å²) in [6, 6.07) is 6.60. The van der Waals surface area contributed by atoms with Gasteiger partial charge in [0, 0.05) is 24.2 Å². The Morgan fingerprint density at radius 3 is 2.30 bits per heavy atom. The van der Waals surface area contributed by atoms with Gasteiger partial charge in [0.05, 0.1) is 5.52 Å². The van der Waals surface area contributed by atoms with Crippen LogP contribution in [0, 0.1) is 25.5 Å². The molecule has 0 N–H and O–H groups in total. The molecule has 0 aliphatic carbocycles. The molecule has 0 fully saturated rings. The van der Waals surface area contributed by atoms with E-state index in [0.29, 0.717) is 5.56 Å². The molecule has 0 saturated carbocycles. The maximum atomic E-state index is 13.7. The van der Waals surface area contributed by atoms with Crippen LogP contribution in [0.2, 0.25) is 0 Å². The van der Waals surface area contributed by atoms with E-state index in [4.69, 9.17) is 0 Å². The fourth-order valence-electron chi connectivity index (χ4n) is 2.41. The Balaban J connectivity index is 2.25. The minimum Gasteiger partial charge on any atom is -0.275 e. The zero-order valence-electron chi connectivity index (χ0n) is 11.5. The molecule has 1 heterocycles. The average Bonchev–Trinajstić information content (AvgIpc) is 2.73. The summed E-state index contributed by atoms with van der Waals surface area (Å²) in [5.41, 5.74) is 3.24. The lowest BCUT2D eigenvalue weighted by molar-refractivity contribution is 0.569. The van der Waals surface area contributed by atoms with Crippen molar-refractivity contribution in [2.24, 2.45) is 7.05 Å². The van der Waals surface area contributed by atoms with Gasteiger partial charge in [0.1, 0.15) is 11.6 Å². The first-order valence-corrected chi connectivity index (χ1v) is 6.36. The molecule has 0 unspecified atom stereocenters. The molecule has 0 spiro atoms. The van der Waals surface area contributed by atoms with Crippen LogP contribution in [0.25, 0.3) is 22.0 Å². The molecule has 3 aromatic rings. The Kier molecular flexibility index (Phi) is 2.82. The second kappa shape index (κ2) is 4.40. The fourth-order valence-corrected chi connectivity index (χ4v) is 2.41. The third-order valence-corrected chi connectivity index (χ3v) is 3.56. The van der Waals surface area contributed by atoms with E-state index in [1.165, 1.54) is 19.1 Å². The van der Waals surface area contributed by atoms with Crippen LogP contribution in [0.3, 0.4) is 0 Å². The van der Waals surface area contributed by atoms with Gasteiger partial charge in [-0.2, -0.15) is 5.10 Å². The van der Waals surface area contributed by atoms with E-state index < -0.39 is 11.6 Å². The number of hydrogen-bond donors (Lipinski definition) is 0. The summed E-state index contributed by atoms with van der Waals surface area (Å²) in [7, 11) is 1.85. The molecule has 0 saturated heterocycles. The van der Waals surface area contributed by atoms with Crippen LogP contribution in [0.1, 0.15) is 11.1 Å². The molecule has 0 aliphatic heterocycles. The molecular formula is C16H14F2N2. The predicted octanol–water partition coefficient (Wildman–Crippen LogP) is 4.14. The summed E-state index contributed by atoms with van der Waals surface area (Å²) in [6.45, 7) is 3.35. The van der Waals surface area contributed by atoms with Gasteiger partial charge in [-0.15, -0.1) is 0 Å². The first-order valence-electron chi connectivity index (χ1n) is 6.36. The van der Waals surface area contributed by atoms with E-state index in [9.17, 15) is 8.78 Å². The topological polar surface area (TPSA) is 17.8 Å². The number of rotatable bonds is 1. The summed E-state index contributed by atoms with van der Waals surface area (Å²) in [5, 5.41) is 5.28. The van der Waals surface area contributed by atoms with E-state index >= 15 is 0 Å². The van der Waals surface area contributed by atoms with Crippen LogP contribution in [0.4, 0.5) is 8.78 Å². The molecule has 0 radical (unpaired) electrons. The molecule has 1 aromatic heterocycles. The van der Waals surface area contributed by atoms with Crippen LogP contribution in [-0.4, -0.2) is 9.78 Å². The Morgan fingerprint density at radius 2 is 1.65 bits per heavy atom. The van der Waals surface area contributed by atoms with Crippen LogP contribution >= 0.6 is 0 Å². The fraction of sp³-hybridized carbons (Fsp3) is 0.188. The number of aryl methyl sites for hydroxylation is 2. The van der Waals surface area contributed by atoms with Crippen molar-refractivity contribution in [1.29, 1.82) is 0 Å². The highest BCUT2D eigenvalue weighted by Crippen LogP contribution is 2.30. The van der Waals surface area contributed by atoms with Crippen molar-refractivity contribution < 1.29 is 8.78 Å². The Bertz CT molecular complexity index is 796. The quantitative estimate of drug-likeness (QED) is 0.651. The number of aromatic nitrogens is 2. The van der Waals surface area contributed by atoms with Crippen molar-refractivity contribution in [1.82, 2.24) is 9.78 Å². The summed E-state index contributed by atoms with van der Waals surface area (Å²) < 4.78 is 29.2. The molecule has 102 valence electrons. The molecule has 0 amide bonds.